The summed E-state index contributed by atoms with van der Waals surface area (Å²) in [4.78, 5) is 26.7. The third-order valence-electron chi connectivity index (χ3n) is 8.09. The number of rotatable bonds is 8. The van der Waals surface area contributed by atoms with Crippen LogP contribution in [-0.2, 0) is 6.42 Å². The zero-order chi connectivity index (χ0) is 26.5. The molecule has 3 aliphatic rings. The molecule has 2 aliphatic heterocycles. The van der Waals surface area contributed by atoms with Crippen LogP contribution in [0.25, 0.3) is 0 Å². The Morgan fingerprint density at radius 2 is 1.68 bits per heavy atom. The molecule has 0 spiro atoms. The van der Waals surface area contributed by atoms with Gasteiger partial charge < -0.3 is 26.4 Å². The summed E-state index contributed by atoms with van der Waals surface area (Å²) in [6.07, 6.45) is 6.36. The standard InChI is InChI=1S/C28H41N7O2S/c1-2-24-27(30-20-5-9-23(36)10-6-20)33-28(25(32-24)26(29)37)31-19-3-7-21(8-4-19)34-13-15-35(16-14-34)22-11-17-38-18-12-22/h3-4,7-8,20,22-23,36H,2,5-6,9-18H2,1H3,(H2,29,37)(H2,30,31,33)/t20-,23-. The Kier molecular flexibility index (Phi) is 8.91. The molecule has 0 atom stereocenters. The number of anilines is 4. The lowest BCUT2D eigenvalue weighted by Gasteiger charge is -2.41. The summed E-state index contributed by atoms with van der Waals surface area (Å²) in [7, 11) is 0. The van der Waals surface area contributed by atoms with Crippen LogP contribution in [0.3, 0.4) is 0 Å². The van der Waals surface area contributed by atoms with Gasteiger partial charge >= 0.3 is 0 Å². The van der Waals surface area contributed by atoms with Crippen molar-refractivity contribution in [3.8, 4) is 0 Å². The van der Waals surface area contributed by atoms with Crippen molar-refractivity contribution in [2.75, 3.05) is 53.2 Å². The average molecular weight is 540 g/mol. The molecular formula is C28H41N7O2S. The summed E-state index contributed by atoms with van der Waals surface area (Å²) >= 11 is 2.09. The molecule has 3 fully saturated rings. The van der Waals surface area contributed by atoms with E-state index in [0.29, 0.717) is 18.1 Å². The summed E-state index contributed by atoms with van der Waals surface area (Å²) in [5, 5.41) is 16.6. The second kappa shape index (κ2) is 12.5. The van der Waals surface area contributed by atoms with Crippen LogP contribution >= 0.6 is 11.8 Å². The van der Waals surface area contributed by atoms with Crippen molar-refractivity contribution >= 4 is 40.7 Å². The first kappa shape index (κ1) is 27.0. The smallest absolute Gasteiger partial charge is 0.271 e. The number of carbonyl (C=O) groups excluding carboxylic acids is 1. The average Bonchev–Trinajstić information content (AvgIpc) is 2.95. The Hall–Kier alpha value is -2.56. The lowest BCUT2D eigenvalue weighted by molar-refractivity contribution is 0.0996. The zero-order valence-corrected chi connectivity index (χ0v) is 23.2. The van der Waals surface area contributed by atoms with E-state index in [9.17, 15) is 9.90 Å². The van der Waals surface area contributed by atoms with Crippen LogP contribution in [0.15, 0.2) is 24.3 Å². The molecule has 206 valence electrons. The minimum Gasteiger partial charge on any atom is -0.393 e. The van der Waals surface area contributed by atoms with E-state index in [0.717, 1.165) is 69.3 Å². The van der Waals surface area contributed by atoms with Gasteiger partial charge in [-0.1, -0.05) is 6.92 Å². The number of aliphatic hydroxyl groups is 1. The van der Waals surface area contributed by atoms with Crippen molar-refractivity contribution in [3.05, 3.63) is 35.7 Å². The molecular weight excluding hydrogens is 498 g/mol. The van der Waals surface area contributed by atoms with Gasteiger partial charge in [-0.3, -0.25) is 9.69 Å². The van der Waals surface area contributed by atoms with Gasteiger partial charge in [0.2, 0.25) is 0 Å². The number of nitrogens with one attached hydrogen (secondary N) is 2. The maximum Gasteiger partial charge on any atom is 0.271 e. The Morgan fingerprint density at radius 3 is 2.32 bits per heavy atom. The number of aryl methyl sites for hydroxylation is 1. The summed E-state index contributed by atoms with van der Waals surface area (Å²) < 4.78 is 0. The molecule has 1 aliphatic carbocycles. The second-order valence-corrected chi connectivity index (χ2v) is 11.8. The lowest BCUT2D eigenvalue weighted by atomic mass is 9.93. The van der Waals surface area contributed by atoms with Crippen LogP contribution in [-0.4, -0.2) is 81.8 Å². The highest BCUT2D eigenvalue weighted by Gasteiger charge is 2.26. The first-order valence-electron chi connectivity index (χ1n) is 14.1. The molecule has 2 saturated heterocycles. The molecule has 5 rings (SSSR count). The van der Waals surface area contributed by atoms with E-state index >= 15 is 0 Å². The van der Waals surface area contributed by atoms with E-state index in [4.69, 9.17) is 10.7 Å². The number of nitrogens with two attached hydrogens (primary N) is 1. The van der Waals surface area contributed by atoms with Crippen molar-refractivity contribution < 1.29 is 9.90 Å². The largest absolute Gasteiger partial charge is 0.393 e. The van der Waals surface area contributed by atoms with E-state index < -0.39 is 5.91 Å². The maximum absolute atomic E-state index is 12.2. The molecule has 1 aromatic carbocycles. The Labute approximate surface area is 230 Å². The number of benzene rings is 1. The molecule has 5 N–H and O–H groups in total. The zero-order valence-electron chi connectivity index (χ0n) is 22.4. The van der Waals surface area contributed by atoms with E-state index in [2.05, 4.69) is 49.3 Å². The highest BCUT2D eigenvalue weighted by atomic mass is 32.2. The van der Waals surface area contributed by atoms with Crippen LogP contribution in [0.1, 0.15) is 61.6 Å². The van der Waals surface area contributed by atoms with Crippen LogP contribution in [0.4, 0.5) is 23.0 Å². The number of piperazine rings is 1. The van der Waals surface area contributed by atoms with Crippen LogP contribution in [0.5, 0.6) is 0 Å². The van der Waals surface area contributed by atoms with Crippen molar-refractivity contribution in [3.63, 3.8) is 0 Å². The Morgan fingerprint density at radius 1 is 1.00 bits per heavy atom. The highest BCUT2D eigenvalue weighted by molar-refractivity contribution is 7.99. The molecule has 1 amide bonds. The van der Waals surface area contributed by atoms with Gasteiger partial charge in [-0.2, -0.15) is 11.8 Å². The molecule has 10 heteroatoms. The number of amides is 1. The fourth-order valence-corrected chi connectivity index (χ4v) is 6.87. The molecule has 1 aromatic heterocycles. The fourth-order valence-electron chi connectivity index (χ4n) is 5.79. The van der Waals surface area contributed by atoms with Gasteiger partial charge in [0.25, 0.3) is 5.91 Å². The number of hydrogen-bond acceptors (Lipinski definition) is 9. The van der Waals surface area contributed by atoms with Crippen molar-refractivity contribution in [2.45, 2.75) is 70.1 Å². The summed E-state index contributed by atoms with van der Waals surface area (Å²) in [6, 6.07) is 9.28. The molecule has 38 heavy (non-hydrogen) atoms. The predicted octanol–water partition coefficient (Wildman–Crippen LogP) is 3.61. The SMILES string of the molecule is CCc1nc(C(N)=O)c(Nc2ccc(N3CCN(C4CCSCC4)CC3)cc2)nc1N[C@H]1CC[C@H](O)CC1. The first-order valence-corrected chi connectivity index (χ1v) is 15.2. The van der Waals surface area contributed by atoms with Gasteiger partial charge in [0.1, 0.15) is 5.82 Å². The van der Waals surface area contributed by atoms with Gasteiger partial charge in [0, 0.05) is 49.6 Å². The maximum atomic E-state index is 12.2. The first-order chi connectivity index (χ1) is 18.5. The van der Waals surface area contributed by atoms with Crippen molar-refractivity contribution in [2.24, 2.45) is 5.73 Å². The van der Waals surface area contributed by atoms with Crippen LogP contribution in [0, 0.1) is 0 Å². The number of aliphatic hydroxyl groups excluding tert-OH is 1. The minimum absolute atomic E-state index is 0.146. The predicted molar refractivity (Wildman–Crippen MR) is 156 cm³/mol. The Bertz CT molecular complexity index is 1080. The number of hydrogen-bond donors (Lipinski definition) is 4. The number of carbonyl (C=O) groups is 1. The normalized spacial score (nSPS) is 23.3. The molecule has 2 aromatic rings. The third kappa shape index (κ3) is 6.52. The second-order valence-electron chi connectivity index (χ2n) is 10.6. The van der Waals surface area contributed by atoms with E-state index in [1.807, 2.05) is 19.1 Å². The van der Waals surface area contributed by atoms with Crippen LogP contribution < -0.4 is 21.3 Å². The minimum atomic E-state index is -0.604. The van der Waals surface area contributed by atoms with Gasteiger partial charge in [0.15, 0.2) is 11.5 Å². The molecule has 1 saturated carbocycles. The van der Waals surface area contributed by atoms with Crippen molar-refractivity contribution in [1.29, 1.82) is 0 Å². The lowest BCUT2D eigenvalue weighted by Crippen LogP contribution is -2.51. The van der Waals surface area contributed by atoms with Gasteiger partial charge in [-0.05, 0) is 80.7 Å². The number of primary amides is 1. The number of thioether (sulfide) groups is 1. The molecule has 9 nitrogen and oxygen atoms in total. The summed E-state index contributed by atoms with van der Waals surface area (Å²) in [6.45, 7) is 6.31. The molecule has 0 unspecified atom stereocenters. The molecule has 3 heterocycles. The van der Waals surface area contributed by atoms with E-state index in [1.165, 1.54) is 30.0 Å². The van der Waals surface area contributed by atoms with Gasteiger partial charge in [0.05, 0.1) is 11.8 Å². The fraction of sp³-hybridized carbons (Fsp3) is 0.607. The van der Waals surface area contributed by atoms with E-state index in [-0.39, 0.29) is 17.8 Å². The molecule has 0 bridgehead atoms. The van der Waals surface area contributed by atoms with Crippen LogP contribution in [0.2, 0.25) is 0 Å². The van der Waals surface area contributed by atoms with Gasteiger partial charge in [-0.25, -0.2) is 9.97 Å². The third-order valence-corrected chi connectivity index (χ3v) is 9.14. The number of aromatic nitrogens is 2. The quantitative estimate of drug-likeness (QED) is 0.399. The van der Waals surface area contributed by atoms with E-state index in [1.54, 1.807) is 0 Å². The highest BCUT2D eigenvalue weighted by Crippen LogP contribution is 2.28. The monoisotopic (exact) mass is 539 g/mol. The number of nitrogens with zero attached hydrogens (tertiary/aromatic N) is 4. The molecule has 0 radical (unpaired) electrons. The topological polar surface area (TPSA) is 120 Å². The summed E-state index contributed by atoms with van der Waals surface area (Å²) in [5.41, 5.74) is 8.59. The van der Waals surface area contributed by atoms with Gasteiger partial charge in [-0.15, -0.1) is 0 Å². The van der Waals surface area contributed by atoms with Crippen molar-refractivity contribution in [1.82, 2.24) is 14.9 Å². The summed E-state index contributed by atoms with van der Waals surface area (Å²) in [5.74, 6) is 3.02. The Balaban J connectivity index is 1.26.